The molecule has 0 unspecified atom stereocenters. The Bertz CT molecular complexity index is 831. The summed E-state index contributed by atoms with van der Waals surface area (Å²) in [5.41, 5.74) is 3.56. The number of ether oxygens (including phenoxy) is 1. The molecule has 6 heteroatoms. The fraction of sp³-hybridized carbons (Fsp3) is 0.143. The van der Waals surface area contributed by atoms with Crippen LogP contribution in [0.5, 0.6) is 5.88 Å². The third-order valence-electron chi connectivity index (χ3n) is 3.00. The summed E-state index contributed by atoms with van der Waals surface area (Å²) in [5, 5.41) is 13.4. The second-order valence-corrected chi connectivity index (χ2v) is 4.29. The van der Waals surface area contributed by atoms with Gasteiger partial charge in [0.15, 0.2) is 11.3 Å². The summed E-state index contributed by atoms with van der Waals surface area (Å²) in [7, 11) is 1.59. The Labute approximate surface area is 115 Å². The smallest absolute Gasteiger partial charge is 0.215 e. The van der Waals surface area contributed by atoms with Gasteiger partial charge in [-0.2, -0.15) is 10.4 Å². The molecule has 0 saturated carbocycles. The maximum atomic E-state index is 9.02. The molecule has 0 bridgehead atoms. The highest BCUT2D eigenvalue weighted by atomic mass is 16.5. The first-order valence-electron chi connectivity index (χ1n) is 5.99. The Balaban J connectivity index is 2.14. The van der Waals surface area contributed by atoms with Crippen LogP contribution in [0, 0.1) is 18.3 Å². The second-order valence-electron chi connectivity index (χ2n) is 4.29. The molecule has 3 aromatic rings. The van der Waals surface area contributed by atoms with E-state index in [9.17, 15) is 0 Å². The molecule has 0 aromatic carbocycles. The first kappa shape index (κ1) is 12.1. The predicted octanol–water partition coefficient (Wildman–Crippen LogP) is 1.98. The summed E-state index contributed by atoms with van der Waals surface area (Å²) >= 11 is 0. The van der Waals surface area contributed by atoms with Crippen molar-refractivity contribution in [2.75, 3.05) is 7.11 Å². The monoisotopic (exact) mass is 265 g/mol. The van der Waals surface area contributed by atoms with Crippen molar-refractivity contribution in [3.05, 3.63) is 41.9 Å². The molecule has 3 aromatic heterocycles. The Morgan fingerprint density at radius 3 is 2.80 bits per heavy atom. The van der Waals surface area contributed by atoms with E-state index < -0.39 is 0 Å². The van der Waals surface area contributed by atoms with E-state index in [1.165, 1.54) is 10.7 Å². The van der Waals surface area contributed by atoms with Crippen LogP contribution in [0.25, 0.3) is 16.9 Å². The third-order valence-corrected chi connectivity index (χ3v) is 3.00. The fourth-order valence-corrected chi connectivity index (χ4v) is 2.02. The Morgan fingerprint density at radius 1 is 1.25 bits per heavy atom. The molecule has 0 N–H and O–H groups in total. The van der Waals surface area contributed by atoms with Gasteiger partial charge in [-0.15, -0.1) is 0 Å². The average molecular weight is 265 g/mol. The van der Waals surface area contributed by atoms with Gasteiger partial charge in [-0.1, -0.05) is 0 Å². The lowest BCUT2D eigenvalue weighted by atomic mass is 10.1. The topological polar surface area (TPSA) is 76.1 Å². The maximum Gasteiger partial charge on any atom is 0.215 e. The number of aromatic nitrogens is 4. The minimum absolute atomic E-state index is 0.403. The minimum atomic E-state index is 0.403. The van der Waals surface area contributed by atoms with E-state index in [2.05, 4.69) is 21.1 Å². The summed E-state index contributed by atoms with van der Waals surface area (Å²) in [4.78, 5) is 8.34. The average Bonchev–Trinajstić information content (AvgIpc) is 2.89. The normalized spacial score (nSPS) is 10.4. The molecule has 0 spiro atoms. The van der Waals surface area contributed by atoms with Gasteiger partial charge in [0.2, 0.25) is 5.88 Å². The van der Waals surface area contributed by atoms with Crippen molar-refractivity contribution in [2.45, 2.75) is 6.92 Å². The Kier molecular flexibility index (Phi) is 2.80. The number of nitriles is 1. The zero-order valence-electron chi connectivity index (χ0n) is 11.0. The van der Waals surface area contributed by atoms with Crippen LogP contribution in [0.1, 0.15) is 11.3 Å². The minimum Gasteiger partial charge on any atom is -0.481 e. The Hall–Kier alpha value is -2.94. The number of aryl methyl sites for hydroxylation is 1. The molecular formula is C14H11N5O. The number of hydrogen-bond acceptors (Lipinski definition) is 5. The molecule has 0 aliphatic carbocycles. The van der Waals surface area contributed by atoms with Crippen LogP contribution in [0.15, 0.2) is 30.6 Å². The largest absolute Gasteiger partial charge is 0.481 e. The first-order valence-corrected chi connectivity index (χ1v) is 5.99. The van der Waals surface area contributed by atoms with Crippen molar-refractivity contribution in [2.24, 2.45) is 0 Å². The fourth-order valence-electron chi connectivity index (χ4n) is 2.02. The molecule has 0 amide bonds. The third kappa shape index (κ3) is 1.86. The molecule has 0 fully saturated rings. The van der Waals surface area contributed by atoms with Gasteiger partial charge < -0.3 is 4.74 Å². The molecule has 98 valence electrons. The van der Waals surface area contributed by atoms with Gasteiger partial charge in [0.05, 0.1) is 19.0 Å². The summed E-state index contributed by atoms with van der Waals surface area (Å²) in [6, 6.07) is 7.68. The van der Waals surface area contributed by atoms with Gasteiger partial charge in [-0.05, 0) is 25.1 Å². The number of pyridine rings is 1. The highest BCUT2D eigenvalue weighted by molar-refractivity contribution is 5.61. The standard InChI is InChI=1S/C14H11N5O/c1-9-5-10(7-17-14(9)20-2)12-3-4-13-16-8-11(6-15)19(13)18-12/h3-5,7-8H,1-2H3. The second kappa shape index (κ2) is 4.63. The summed E-state index contributed by atoms with van der Waals surface area (Å²) in [6.45, 7) is 1.92. The van der Waals surface area contributed by atoms with Crippen LogP contribution in [-0.4, -0.2) is 26.7 Å². The van der Waals surface area contributed by atoms with Crippen LogP contribution in [-0.2, 0) is 0 Å². The lowest BCUT2D eigenvalue weighted by molar-refractivity contribution is 0.394. The van der Waals surface area contributed by atoms with Crippen LogP contribution < -0.4 is 4.74 Å². The first-order chi connectivity index (χ1) is 9.72. The van der Waals surface area contributed by atoms with Crippen molar-refractivity contribution in [3.8, 4) is 23.2 Å². The zero-order valence-corrected chi connectivity index (χ0v) is 11.0. The molecule has 0 atom stereocenters. The number of nitrogens with zero attached hydrogens (tertiary/aromatic N) is 5. The van der Waals surface area contributed by atoms with Crippen LogP contribution in [0.3, 0.4) is 0 Å². The number of imidazole rings is 1. The van der Waals surface area contributed by atoms with E-state index in [0.29, 0.717) is 17.2 Å². The van der Waals surface area contributed by atoms with E-state index >= 15 is 0 Å². The summed E-state index contributed by atoms with van der Waals surface area (Å²) in [6.07, 6.45) is 3.20. The van der Waals surface area contributed by atoms with Crippen LogP contribution in [0.2, 0.25) is 0 Å². The molecule has 0 radical (unpaired) electrons. The highest BCUT2D eigenvalue weighted by Gasteiger charge is 2.08. The SMILES string of the molecule is COc1ncc(-c2ccc3ncc(C#N)n3n2)cc1C. The molecule has 0 aliphatic rings. The number of hydrogen-bond donors (Lipinski definition) is 0. The van der Waals surface area contributed by atoms with E-state index in [-0.39, 0.29) is 0 Å². The molecule has 3 rings (SSSR count). The summed E-state index contributed by atoms with van der Waals surface area (Å²) in [5.74, 6) is 0.593. The highest BCUT2D eigenvalue weighted by Crippen LogP contribution is 2.22. The van der Waals surface area contributed by atoms with Gasteiger partial charge in [-0.25, -0.2) is 14.5 Å². The van der Waals surface area contributed by atoms with Crippen molar-refractivity contribution >= 4 is 5.65 Å². The zero-order chi connectivity index (χ0) is 14.1. The quantitative estimate of drug-likeness (QED) is 0.708. The molecule has 0 aliphatic heterocycles. The van der Waals surface area contributed by atoms with Gasteiger partial charge in [-0.3, -0.25) is 0 Å². The molecule has 0 saturated heterocycles. The van der Waals surface area contributed by atoms with Crippen molar-refractivity contribution < 1.29 is 4.74 Å². The van der Waals surface area contributed by atoms with Crippen LogP contribution >= 0.6 is 0 Å². The number of rotatable bonds is 2. The van der Waals surface area contributed by atoms with E-state index in [4.69, 9.17) is 10.00 Å². The van der Waals surface area contributed by atoms with E-state index in [1.807, 2.05) is 25.1 Å². The van der Waals surface area contributed by atoms with Crippen molar-refractivity contribution in [3.63, 3.8) is 0 Å². The van der Waals surface area contributed by atoms with Gasteiger partial charge in [0, 0.05) is 17.3 Å². The molecule has 3 heterocycles. The number of methoxy groups -OCH3 is 1. The predicted molar refractivity (Wildman–Crippen MR) is 72.2 cm³/mol. The van der Waals surface area contributed by atoms with Gasteiger partial charge in [0.1, 0.15) is 6.07 Å². The van der Waals surface area contributed by atoms with Gasteiger partial charge in [0.25, 0.3) is 0 Å². The van der Waals surface area contributed by atoms with E-state index in [0.717, 1.165) is 16.8 Å². The van der Waals surface area contributed by atoms with Crippen molar-refractivity contribution in [1.82, 2.24) is 19.6 Å². The van der Waals surface area contributed by atoms with Crippen molar-refractivity contribution in [1.29, 1.82) is 5.26 Å². The lowest BCUT2D eigenvalue weighted by Crippen LogP contribution is -1.98. The maximum absolute atomic E-state index is 9.02. The molecule has 20 heavy (non-hydrogen) atoms. The summed E-state index contributed by atoms with van der Waals surface area (Å²) < 4.78 is 6.66. The lowest BCUT2D eigenvalue weighted by Gasteiger charge is -2.06. The van der Waals surface area contributed by atoms with Gasteiger partial charge >= 0.3 is 0 Å². The number of fused-ring (bicyclic) bond motifs is 1. The Morgan fingerprint density at radius 2 is 2.10 bits per heavy atom. The molecular weight excluding hydrogens is 254 g/mol. The van der Waals surface area contributed by atoms with Crippen LogP contribution in [0.4, 0.5) is 0 Å². The molecule has 6 nitrogen and oxygen atoms in total. The van der Waals surface area contributed by atoms with E-state index in [1.54, 1.807) is 13.3 Å².